The van der Waals surface area contributed by atoms with Crippen molar-refractivity contribution in [3.05, 3.63) is 33.9 Å². The molecule has 2 aromatic rings. The summed E-state index contributed by atoms with van der Waals surface area (Å²) < 4.78 is 14.2. The maximum Gasteiger partial charge on any atom is 0.186 e. The molecule has 1 fully saturated rings. The number of halogens is 1. The van der Waals surface area contributed by atoms with Gasteiger partial charge in [0, 0.05) is 43.8 Å². The minimum absolute atomic E-state index is 0.295. The van der Waals surface area contributed by atoms with Crippen molar-refractivity contribution in [2.45, 2.75) is 20.4 Å². The van der Waals surface area contributed by atoms with E-state index < -0.39 is 0 Å². The van der Waals surface area contributed by atoms with Gasteiger partial charge in [0.2, 0.25) is 0 Å². The maximum absolute atomic E-state index is 14.2. The highest BCUT2D eigenvalue weighted by atomic mass is 32.1. The third kappa shape index (κ3) is 3.19. The van der Waals surface area contributed by atoms with Crippen LogP contribution in [-0.2, 0) is 6.54 Å². The van der Waals surface area contributed by atoms with Crippen LogP contribution in [0.25, 0.3) is 0 Å². The fourth-order valence-electron chi connectivity index (χ4n) is 2.55. The third-order valence-corrected chi connectivity index (χ3v) is 4.41. The summed E-state index contributed by atoms with van der Waals surface area (Å²) in [5, 5.41) is 0. The first-order valence-corrected chi connectivity index (χ1v) is 7.87. The lowest BCUT2D eigenvalue weighted by molar-refractivity contribution is 0.250. The SMILES string of the molecule is Cc1nc(C)c(F)c(N2CCN(Cc3cncs3)CC2)n1. The number of hydrogen-bond acceptors (Lipinski definition) is 6. The van der Waals surface area contributed by atoms with Gasteiger partial charge in [0.25, 0.3) is 0 Å². The molecule has 0 aliphatic carbocycles. The molecule has 5 nitrogen and oxygen atoms in total. The minimum atomic E-state index is -0.295. The molecule has 0 aromatic carbocycles. The van der Waals surface area contributed by atoms with E-state index in [1.807, 2.05) is 16.6 Å². The normalized spacial score (nSPS) is 16.4. The molecular weight excluding hydrogens is 289 g/mol. The van der Waals surface area contributed by atoms with Crippen LogP contribution in [0.3, 0.4) is 0 Å². The molecule has 0 N–H and O–H groups in total. The Morgan fingerprint density at radius 3 is 2.62 bits per heavy atom. The fraction of sp³-hybridized carbons (Fsp3) is 0.500. The first-order chi connectivity index (χ1) is 10.1. The number of aromatic nitrogens is 3. The zero-order valence-electron chi connectivity index (χ0n) is 12.2. The average Bonchev–Trinajstić information content (AvgIpc) is 2.97. The van der Waals surface area contributed by atoms with Gasteiger partial charge in [-0.1, -0.05) is 0 Å². The highest BCUT2D eigenvalue weighted by Gasteiger charge is 2.22. The number of aryl methyl sites for hydroxylation is 2. The fourth-order valence-corrected chi connectivity index (χ4v) is 3.18. The van der Waals surface area contributed by atoms with Crippen LogP contribution in [0.4, 0.5) is 10.2 Å². The molecule has 0 atom stereocenters. The largest absolute Gasteiger partial charge is 0.352 e. The van der Waals surface area contributed by atoms with E-state index in [2.05, 4.69) is 19.9 Å². The Hall–Kier alpha value is -1.60. The summed E-state index contributed by atoms with van der Waals surface area (Å²) in [4.78, 5) is 18.1. The number of nitrogens with zero attached hydrogens (tertiary/aromatic N) is 5. The van der Waals surface area contributed by atoms with E-state index in [1.54, 1.807) is 25.2 Å². The zero-order valence-corrected chi connectivity index (χ0v) is 13.0. The van der Waals surface area contributed by atoms with Crippen LogP contribution in [0.1, 0.15) is 16.4 Å². The third-order valence-electron chi connectivity index (χ3n) is 3.65. The van der Waals surface area contributed by atoms with E-state index in [-0.39, 0.29) is 5.82 Å². The molecule has 7 heteroatoms. The Balaban J connectivity index is 1.66. The highest BCUT2D eigenvalue weighted by Crippen LogP contribution is 2.21. The van der Waals surface area contributed by atoms with Gasteiger partial charge in [0.15, 0.2) is 11.6 Å². The molecule has 0 radical (unpaired) electrons. The summed E-state index contributed by atoms with van der Waals surface area (Å²) in [5.74, 6) is 0.768. The second-order valence-corrected chi connectivity index (χ2v) is 6.20. The summed E-state index contributed by atoms with van der Waals surface area (Å²) >= 11 is 1.67. The van der Waals surface area contributed by atoms with Crippen LogP contribution < -0.4 is 4.90 Å². The second kappa shape index (κ2) is 6.03. The van der Waals surface area contributed by atoms with Crippen molar-refractivity contribution in [1.29, 1.82) is 0 Å². The van der Waals surface area contributed by atoms with Crippen molar-refractivity contribution >= 4 is 17.2 Å². The number of anilines is 1. The molecular formula is C14H18FN5S. The van der Waals surface area contributed by atoms with E-state index in [9.17, 15) is 4.39 Å². The number of hydrogen-bond donors (Lipinski definition) is 0. The van der Waals surface area contributed by atoms with Crippen LogP contribution in [0.5, 0.6) is 0 Å². The summed E-state index contributed by atoms with van der Waals surface area (Å²) in [6.07, 6.45) is 1.91. The Morgan fingerprint density at radius 2 is 1.95 bits per heavy atom. The Kier molecular flexibility index (Phi) is 4.12. The smallest absolute Gasteiger partial charge is 0.186 e. The number of thiazole rings is 1. The van der Waals surface area contributed by atoms with Crippen LogP contribution in [0, 0.1) is 19.7 Å². The lowest BCUT2D eigenvalue weighted by Crippen LogP contribution is -2.46. The zero-order chi connectivity index (χ0) is 14.8. The topological polar surface area (TPSA) is 45.2 Å². The predicted octanol–water partition coefficient (Wildman–Crippen LogP) is 2.01. The Morgan fingerprint density at radius 1 is 1.19 bits per heavy atom. The quantitative estimate of drug-likeness (QED) is 0.868. The number of piperazine rings is 1. The first-order valence-electron chi connectivity index (χ1n) is 6.99. The van der Waals surface area contributed by atoms with Gasteiger partial charge >= 0.3 is 0 Å². The van der Waals surface area contributed by atoms with Crippen molar-refractivity contribution in [3.63, 3.8) is 0 Å². The van der Waals surface area contributed by atoms with E-state index in [1.165, 1.54) is 4.88 Å². The molecule has 2 aromatic heterocycles. The molecule has 0 spiro atoms. The molecule has 0 amide bonds. The van der Waals surface area contributed by atoms with Gasteiger partial charge in [-0.15, -0.1) is 11.3 Å². The lowest BCUT2D eigenvalue weighted by Gasteiger charge is -2.35. The van der Waals surface area contributed by atoms with Crippen molar-refractivity contribution in [2.24, 2.45) is 0 Å². The van der Waals surface area contributed by atoms with Crippen molar-refractivity contribution < 1.29 is 4.39 Å². The summed E-state index contributed by atoms with van der Waals surface area (Å²) in [6.45, 7) is 7.78. The summed E-state index contributed by atoms with van der Waals surface area (Å²) in [5.41, 5.74) is 2.28. The average molecular weight is 307 g/mol. The van der Waals surface area contributed by atoms with Gasteiger partial charge in [-0.3, -0.25) is 9.88 Å². The van der Waals surface area contributed by atoms with Gasteiger partial charge < -0.3 is 4.90 Å². The van der Waals surface area contributed by atoms with Gasteiger partial charge in [0.05, 0.1) is 11.2 Å². The molecule has 0 bridgehead atoms. The van der Waals surface area contributed by atoms with Crippen molar-refractivity contribution in [2.75, 3.05) is 31.1 Å². The summed E-state index contributed by atoms with van der Waals surface area (Å²) in [6, 6.07) is 0. The van der Waals surface area contributed by atoms with Gasteiger partial charge in [-0.25, -0.2) is 14.4 Å². The molecule has 3 rings (SSSR count). The lowest BCUT2D eigenvalue weighted by atomic mass is 10.3. The standard InChI is InChI=1S/C14H18FN5S/c1-10-13(15)14(18-11(2)17-10)20-5-3-19(4-6-20)8-12-7-16-9-21-12/h7,9H,3-6,8H2,1-2H3. The van der Waals surface area contributed by atoms with Crippen LogP contribution in [-0.4, -0.2) is 46.0 Å². The van der Waals surface area contributed by atoms with Crippen molar-refractivity contribution in [3.8, 4) is 0 Å². The minimum Gasteiger partial charge on any atom is -0.352 e. The van der Waals surface area contributed by atoms with E-state index in [4.69, 9.17) is 0 Å². The Bertz CT molecular complexity index is 608. The maximum atomic E-state index is 14.2. The van der Waals surface area contributed by atoms with Gasteiger partial charge in [-0.05, 0) is 13.8 Å². The van der Waals surface area contributed by atoms with Crippen LogP contribution in [0.15, 0.2) is 11.7 Å². The molecule has 0 unspecified atom stereocenters. The second-order valence-electron chi connectivity index (χ2n) is 5.22. The molecule has 112 valence electrons. The predicted molar refractivity (Wildman–Crippen MR) is 81.1 cm³/mol. The van der Waals surface area contributed by atoms with Crippen LogP contribution in [0.2, 0.25) is 0 Å². The number of rotatable bonds is 3. The molecule has 1 aliphatic heterocycles. The molecule has 0 saturated carbocycles. The van der Waals surface area contributed by atoms with E-state index in [0.717, 1.165) is 32.7 Å². The summed E-state index contributed by atoms with van der Waals surface area (Å²) in [7, 11) is 0. The van der Waals surface area contributed by atoms with E-state index in [0.29, 0.717) is 17.3 Å². The molecule has 1 saturated heterocycles. The first kappa shape index (κ1) is 14.3. The van der Waals surface area contributed by atoms with Crippen LogP contribution >= 0.6 is 11.3 Å². The molecule has 1 aliphatic rings. The Labute approximate surface area is 127 Å². The highest BCUT2D eigenvalue weighted by molar-refractivity contribution is 7.09. The monoisotopic (exact) mass is 307 g/mol. The van der Waals surface area contributed by atoms with Gasteiger partial charge in [0.1, 0.15) is 5.82 Å². The molecule has 21 heavy (non-hydrogen) atoms. The van der Waals surface area contributed by atoms with E-state index >= 15 is 0 Å². The van der Waals surface area contributed by atoms with Crippen molar-refractivity contribution in [1.82, 2.24) is 19.9 Å². The van der Waals surface area contributed by atoms with Gasteiger partial charge in [-0.2, -0.15) is 0 Å². The molecule has 3 heterocycles.